The number of nitrogens with zero attached hydrogens (tertiary/aromatic N) is 2. The van der Waals surface area contributed by atoms with E-state index >= 15 is 0 Å². The molecule has 0 atom stereocenters. The van der Waals surface area contributed by atoms with Crippen molar-refractivity contribution < 1.29 is 14.3 Å². The zero-order valence-corrected chi connectivity index (χ0v) is 11.8. The fourth-order valence-corrected chi connectivity index (χ4v) is 2.57. The van der Waals surface area contributed by atoms with Crippen LogP contribution in [0.2, 0.25) is 0 Å². The van der Waals surface area contributed by atoms with E-state index in [1.165, 1.54) is 0 Å². The zero-order chi connectivity index (χ0) is 14.8. The van der Waals surface area contributed by atoms with Crippen LogP contribution in [0, 0.1) is 6.92 Å². The Morgan fingerprint density at radius 1 is 1.43 bits per heavy atom. The van der Waals surface area contributed by atoms with E-state index in [1.54, 1.807) is 12.3 Å². The molecule has 2 heterocycles. The average Bonchev–Trinajstić information content (AvgIpc) is 2.89. The van der Waals surface area contributed by atoms with Crippen LogP contribution >= 0.6 is 0 Å². The van der Waals surface area contributed by atoms with Gasteiger partial charge in [0.2, 0.25) is 5.89 Å². The molecule has 0 radical (unpaired) electrons. The lowest BCUT2D eigenvalue weighted by molar-refractivity contribution is 0.0697. The third kappa shape index (κ3) is 2.89. The highest BCUT2D eigenvalue weighted by Gasteiger charge is 2.19. The molecule has 0 aliphatic heterocycles. The van der Waals surface area contributed by atoms with E-state index in [1.807, 2.05) is 6.92 Å². The lowest BCUT2D eigenvalue weighted by atomic mass is 9.95. The second-order valence-electron chi connectivity index (χ2n) is 5.22. The molecule has 110 valence electrons. The van der Waals surface area contributed by atoms with E-state index in [9.17, 15) is 9.90 Å². The van der Waals surface area contributed by atoms with Gasteiger partial charge in [0, 0.05) is 5.69 Å². The van der Waals surface area contributed by atoms with Gasteiger partial charge in [0.05, 0.1) is 12.7 Å². The molecule has 3 rings (SSSR count). The molecule has 2 N–H and O–H groups in total. The number of hydrogen-bond donors (Lipinski definition) is 2. The van der Waals surface area contributed by atoms with Gasteiger partial charge in [-0.15, -0.1) is 0 Å². The SMILES string of the molecule is Cc1cnc(CNc2nc3c(cc2C(=O)O)CCCC3)o1. The average molecular weight is 287 g/mol. The number of carboxylic acid groups (broad SMARTS) is 1. The predicted octanol–water partition coefficient (Wildman–Crippen LogP) is 2.57. The maximum Gasteiger partial charge on any atom is 0.339 e. The van der Waals surface area contributed by atoms with E-state index in [0.29, 0.717) is 18.3 Å². The highest BCUT2D eigenvalue weighted by Crippen LogP contribution is 2.25. The molecule has 0 spiro atoms. The molecular formula is C15H17N3O3. The number of nitrogens with one attached hydrogen (secondary N) is 1. The number of aromatic carboxylic acids is 1. The van der Waals surface area contributed by atoms with E-state index in [4.69, 9.17) is 4.42 Å². The van der Waals surface area contributed by atoms with Crippen LogP contribution in [-0.4, -0.2) is 21.0 Å². The molecule has 2 aromatic heterocycles. The van der Waals surface area contributed by atoms with Gasteiger partial charge in [0.15, 0.2) is 0 Å². The van der Waals surface area contributed by atoms with Gasteiger partial charge >= 0.3 is 5.97 Å². The highest BCUT2D eigenvalue weighted by molar-refractivity contribution is 5.93. The lowest BCUT2D eigenvalue weighted by Gasteiger charge is -2.17. The van der Waals surface area contributed by atoms with Gasteiger partial charge in [-0.05, 0) is 44.2 Å². The minimum atomic E-state index is -0.970. The number of pyridine rings is 1. The van der Waals surface area contributed by atoms with Gasteiger partial charge in [-0.1, -0.05) is 0 Å². The van der Waals surface area contributed by atoms with E-state index < -0.39 is 5.97 Å². The Kier molecular flexibility index (Phi) is 3.60. The Hall–Kier alpha value is -2.37. The Morgan fingerprint density at radius 2 is 2.24 bits per heavy atom. The first kappa shape index (κ1) is 13.6. The summed E-state index contributed by atoms with van der Waals surface area (Å²) in [5.74, 6) is 0.660. The third-order valence-corrected chi connectivity index (χ3v) is 3.61. The second-order valence-corrected chi connectivity index (χ2v) is 5.22. The van der Waals surface area contributed by atoms with Crippen molar-refractivity contribution in [1.82, 2.24) is 9.97 Å². The standard InChI is InChI=1S/C15H17N3O3/c1-9-7-16-13(21-9)8-17-14-11(15(19)20)6-10-4-2-3-5-12(10)18-14/h6-7H,2-5,8H2,1H3,(H,17,18)(H,19,20). The summed E-state index contributed by atoms with van der Waals surface area (Å²) in [4.78, 5) is 20.0. The molecule has 0 bridgehead atoms. The summed E-state index contributed by atoms with van der Waals surface area (Å²) in [6.07, 6.45) is 5.64. The predicted molar refractivity (Wildman–Crippen MR) is 76.4 cm³/mol. The number of fused-ring (bicyclic) bond motifs is 1. The van der Waals surface area contributed by atoms with E-state index in [2.05, 4.69) is 15.3 Å². The summed E-state index contributed by atoms with van der Waals surface area (Å²) in [6, 6.07) is 1.74. The molecule has 0 unspecified atom stereocenters. The normalized spacial score (nSPS) is 13.8. The topological polar surface area (TPSA) is 88.2 Å². The van der Waals surface area contributed by atoms with Crippen molar-refractivity contribution in [1.29, 1.82) is 0 Å². The van der Waals surface area contributed by atoms with Gasteiger partial charge in [-0.3, -0.25) is 0 Å². The van der Waals surface area contributed by atoms with Crippen LogP contribution in [0.25, 0.3) is 0 Å². The first-order valence-electron chi connectivity index (χ1n) is 7.05. The molecule has 0 saturated carbocycles. The number of anilines is 1. The fourth-order valence-electron chi connectivity index (χ4n) is 2.57. The van der Waals surface area contributed by atoms with Crippen LogP contribution in [0.4, 0.5) is 5.82 Å². The van der Waals surface area contributed by atoms with Crippen LogP contribution < -0.4 is 5.32 Å². The third-order valence-electron chi connectivity index (χ3n) is 3.61. The Balaban J connectivity index is 1.87. The van der Waals surface area contributed by atoms with Gasteiger partial charge in [0.25, 0.3) is 0 Å². The van der Waals surface area contributed by atoms with Crippen molar-refractivity contribution in [2.75, 3.05) is 5.32 Å². The first-order valence-corrected chi connectivity index (χ1v) is 7.05. The van der Waals surface area contributed by atoms with Crippen molar-refractivity contribution in [2.45, 2.75) is 39.2 Å². The summed E-state index contributed by atoms with van der Waals surface area (Å²) >= 11 is 0. The Labute approximate surface area is 122 Å². The van der Waals surface area contributed by atoms with Gasteiger partial charge in [0.1, 0.15) is 17.1 Å². The fraction of sp³-hybridized carbons (Fsp3) is 0.400. The van der Waals surface area contributed by atoms with Crippen molar-refractivity contribution >= 4 is 11.8 Å². The highest BCUT2D eigenvalue weighted by atomic mass is 16.4. The number of carboxylic acids is 1. The number of hydrogen-bond acceptors (Lipinski definition) is 5. The van der Waals surface area contributed by atoms with Crippen molar-refractivity contribution in [3.63, 3.8) is 0 Å². The van der Waals surface area contributed by atoms with Crippen LogP contribution in [0.1, 0.15) is 46.1 Å². The number of aryl methyl sites for hydroxylation is 3. The molecule has 21 heavy (non-hydrogen) atoms. The summed E-state index contributed by atoms with van der Waals surface area (Å²) in [7, 11) is 0. The molecule has 6 nitrogen and oxygen atoms in total. The van der Waals surface area contributed by atoms with Gasteiger partial charge in [-0.2, -0.15) is 0 Å². The van der Waals surface area contributed by atoms with Gasteiger partial charge < -0.3 is 14.8 Å². The number of rotatable bonds is 4. The molecule has 0 fully saturated rings. The van der Waals surface area contributed by atoms with Crippen LogP contribution in [0.15, 0.2) is 16.7 Å². The molecule has 0 saturated heterocycles. The van der Waals surface area contributed by atoms with Crippen LogP contribution in [0.5, 0.6) is 0 Å². The minimum absolute atomic E-state index is 0.207. The number of oxazole rings is 1. The number of aromatic nitrogens is 2. The molecule has 0 aromatic carbocycles. The maximum atomic E-state index is 11.4. The lowest BCUT2D eigenvalue weighted by Crippen LogP contribution is -2.14. The van der Waals surface area contributed by atoms with Crippen LogP contribution in [-0.2, 0) is 19.4 Å². The second kappa shape index (κ2) is 5.55. The summed E-state index contributed by atoms with van der Waals surface area (Å²) in [6.45, 7) is 2.14. The van der Waals surface area contributed by atoms with Crippen molar-refractivity contribution in [3.8, 4) is 0 Å². The monoisotopic (exact) mass is 287 g/mol. The molecule has 1 aliphatic carbocycles. The quantitative estimate of drug-likeness (QED) is 0.898. The smallest absolute Gasteiger partial charge is 0.339 e. The van der Waals surface area contributed by atoms with Crippen LogP contribution in [0.3, 0.4) is 0 Å². The largest absolute Gasteiger partial charge is 0.478 e. The molecule has 0 amide bonds. The van der Waals surface area contributed by atoms with E-state index in [0.717, 1.165) is 42.7 Å². The molecule has 1 aliphatic rings. The molecule has 2 aromatic rings. The summed E-state index contributed by atoms with van der Waals surface area (Å²) in [5, 5.41) is 12.4. The summed E-state index contributed by atoms with van der Waals surface area (Å²) in [5.41, 5.74) is 2.26. The van der Waals surface area contributed by atoms with Crippen molar-refractivity contribution in [2.24, 2.45) is 0 Å². The zero-order valence-electron chi connectivity index (χ0n) is 11.8. The van der Waals surface area contributed by atoms with Gasteiger partial charge in [-0.25, -0.2) is 14.8 Å². The van der Waals surface area contributed by atoms with E-state index in [-0.39, 0.29) is 5.56 Å². The molecular weight excluding hydrogens is 270 g/mol. The maximum absolute atomic E-state index is 11.4. The Bertz CT molecular complexity index is 679. The molecule has 6 heteroatoms. The first-order chi connectivity index (χ1) is 10.1. The summed E-state index contributed by atoms with van der Waals surface area (Å²) < 4.78 is 5.37. The minimum Gasteiger partial charge on any atom is -0.478 e. The Morgan fingerprint density at radius 3 is 2.95 bits per heavy atom. The number of carbonyl (C=O) groups is 1. The van der Waals surface area contributed by atoms with Crippen molar-refractivity contribution in [3.05, 3.63) is 40.7 Å².